The van der Waals surface area contributed by atoms with Crippen molar-refractivity contribution in [3.05, 3.63) is 70.3 Å². The Kier molecular flexibility index (Phi) is 6.94. The lowest BCUT2D eigenvalue weighted by molar-refractivity contribution is -0.138. The normalized spacial score (nSPS) is 17.4. The van der Waals surface area contributed by atoms with Gasteiger partial charge < -0.3 is 10.6 Å². The van der Waals surface area contributed by atoms with Gasteiger partial charge >= 0.3 is 12.2 Å². The van der Waals surface area contributed by atoms with Crippen LogP contribution in [0.25, 0.3) is 6.08 Å². The molecule has 0 aromatic heterocycles. The number of imide groups is 1. The summed E-state index contributed by atoms with van der Waals surface area (Å²) < 4.78 is 41.5. The molecule has 40 heavy (non-hydrogen) atoms. The van der Waals surface area contributed by atoms with Crippen LogP contribution < -0.4 is 16.0 Å². The maximum atomic E-state index is 13.8. The summed E-state index contributed by atoms with van der Waals surface area (Å²) in [6.07, 6.45) is -0.506. The largest absolute Gasteiger partial charge is 0.417 e. The van der Waals surface area contributed by atoms with Crippen LogP contribution in [0.2, 0.25) is 0 Å². The van der Waals surface area contributed by atoms with E-state index in [1.165, 1.54) is 25.2 Å². The molecule has 208 valence electrons. The fourth-order valence-corrected chi connectivity index (χ4v) is 5.37. The minimum Gasteiger partial charge on any atom is -0.341 e. The molecule has 5 amide bonds. The van der Waals surface area contributed by atoms with Gasteiger partial charge in [0, 0.05) is 30.3 Å². The summed E-state index contributed by atoms with van der Waals surface area (Å²) in [6.45, 7) is -0.516. The molecular weight excluding hydrogens is 527 g/mol. The predicted octanol–water partition coefficient (Wildman–Crippen LogP) is 3.64. The minimum atomic E-state index is -4.67. The Morgan fingerprint density at radius 2 is 1.80 bits per heavy atom. The number of carbonyl (C=O) groups is 4. The maximum absolute atomic E-state index is 13.8. The van der Waals surface area contributed by atoms with Crippen LogP contribution in [-0.2, 0) is 27.0 Å². The summed E-state index contributed by atoms with van der Waals surface area (Å²) in [5, 5.41) is 7.21. The fraction of sp³-hybridized carbons (Fsp3) is 0.321. The maximum Gasteiger partial charge on any atom is 0.417 e. The monoisotopic (exact) mass is 553 g/mol. The van der Waals surface area contributed by atoms with E-state index in [9.17, 15) is 32.3 Å². The number of amidine groups is 1. The molecule has 0 saturated heterocycles. The molecule has 1 fully saturated rings. The fourth-order valence-electron chi connectivity index (χ4n) is 5.37. The molecule has 3 N–H and O–H groups in total. The van der Waals surface area contributed by atoms with Gasteiger partial charge in [-0.3, -0.25) is 29.6 Å². The van der Waals surface area contributed by atoms with E-state index in [1.807, 2.05) is 0 Å². The molecule has 9 nitrogen and oxygen atoms in total. The third kappa shape index (κ3) is 5.08. The van der Waals surface area contributed by atoms with E-state index in [2.05, 4.69) is 20.9 Å². The van der Waals surface area contributed by atoms with Crippen molar-refractivity contribution in [1.29, 1.82) is 0 Å². The van der Waals surface area contributed by atoms with E-state index >= 15 is 0 Å². The number of urea groups is 1. The highest BCUT2D eigenvalue weighted by molar-refractivity contribution is 6.18. The van der Waals surface area contributed by atoms with Crippen molar-refractivity contribution in [2.75, 3.05) is 18.9 Å². The number of anilines is 1. The number of amides is 5. The van der Waals surface area contributed by atoms with Crippen molar-refractivity contribution in [2.45, 2.75) is 43.8 Å². The molecule has 0 unspecified atom stereocenters. The summed E-state index contributed by atoms with van der Waals surface area (Å²) in [5.41, 5.74) is -0.0910. The lowest BCUT2D eigenvalue weighted by Gasteiger charge is -2.23. The van der Waals surface area contributed by atoms with Crippen LogP contribution in [0.1, 0.15) is 47.9 Å². The van der Waals surface area contributed by atoms with E-state index in [4.69, 9.17) is 0 Å². The molecule has 12 heteroatoms. The average molecular weight is 554 g/mol. The van der Waals surface area contributed by atoms with Gasteiger partial charge in [-0.2, -0.15) is 13.2 Å². The molecule has 1 heterocycles. The lowest BCUT2D eigenvalue weighted by Crippen LogP contribution is -2.45. The second-order valence-electron chi connectivity index (χ2n) is 9.95. The number of carbonyl (C=O) groups excluding carboxylic acids is 4. The SMILES string of the molecule is CNC(=O)NC(=O)C1=Cc2cc(NC(=O)CN3C(=O)C4(CCCC4)N=C3c3ccccc3C(F)(F)F)ccc2C1. The Morgan fingerprint density at radius 1 is 1.07 bits per heavy atom. The number of alkyl halides is 3. The molecule has 2 aromatic rings. The van der Waals surface area contributed by atoms with Gasteiger partial charge in [0.25, 0.3) is 11.8 Å². The summed E-state index contributed by atoms with van der Waals surface area (Å²) in [7, 11) is 1.39. The van der Waals surface area contributed by atoms with Crippen molar-refractivity contribution in [2.24, 2.45) is 4.99 Å². The molecular formula is C28H26F3N5O4. The molecule has 0 bridgehead atoms. The third-order valence-corrected chi connectivity index (χ3v) is 7.31. The van der Waals surface area contributed by atoms with Crippen LogP contribution in [0, 0.1) is 0 Å². The molecule has 1 spiro atoms. The topological polar surface area (TPSA) is 120 Å². The van der Waals surface area contributed by atoms with E-state index in [1.54, 1.807) is 24.3 Å². The first kappa shape index (κ1) is 27.1. The zero-order valence-electron chi connectivity index (χ0n) is 21.5. The van der Waals surface area contributed by atoms with E-state index < -0.39 is 47.6 Å². The Labute approximate surface area is 227 Å². The Morgan fingerprint density at radius 3 is 2.50 bits per heavy atom. The van der Waals surface area contributed by atoms with Crippen LogP contribution in [0.3, 0.4) is 0 Å². The van der Waals surface area contributed by atoms with Gasteiger partial charge in [-0.25, -0.2) is 4.79 Å². The van der Waals surface area contributed by atoms with Crippen LogP contribution >= 0.6 is 0 Å². The van der Waals surface area contributed by atoms with Crippen molar-refractivity contribution < 1.29 is 32.3 Å². The van der Waals surface area contributed by atoms with Crippen molar-refractivity contribution >= 4 is 41.4 Å². The first-order chi connectivity index (χ1) is 19.0. The second-order valence-corrected chi connectivity index (χ2v) is 9.95. The number of nitrogens with zero attached hydrogens (tertiary/aromatic N) is 2. The molecule has 2 aliphatic carbocycles. The predicted molar refractivity (Wildman–Crippen MR) is 140 cm³/mol. The standard InChI is InChI=1S/C28H26F3N5O4/c1-32-26(40)34-24(38)18-12-16-8-9-19(14-17(16)13-18)33-22(37)15-36-23(35-27(25(36)39)10-4-5-11-27)20-6-2-3-7-21(20)28(29,30)31/h2-3,6-9,13-14H,4-5,10-12,15H2,1H3,(H,33,37)(H2,32,34,38,40). The van der Waals surface area contributed by atoms with Crippen LogP contribution in [0.4, 0.5) is 23.7 Å². The summed E-state index contributed by atoms with van der Waals surface area (Å²) in [4.78, 5) is 55.9. The number of fused-ring (bicyclic) bond motifs is 1. The molecule has 1 saturated carbocycles. The molecule has 0 radical (unpaired) electrons. The highest BCUT2D eigenvalue weighted by Gasteiger charge is 2.51. The van der Waals surface area contributed by atoms with Gasteiger partial charge in [0.1, 0.15) is 17.9 Å². The number of benzene rings is 2. The van der Waals surface area contributed by atoms with Crippen molar-refractivity contribution in [3.63, 3.8) is 0 Å². The molecule has 5 rings (SSSR count). The highest BCUT2D eigenvalue weighted by Crippen LogP contribution is 2.41. The minimum absolute atomic E-state index is 0.154. The third-order valence-electron chi connectivity index (χ3n) is 7.31. The number of aliphatic imine (C=N–C) groups is 1. The van der Waals surface area contributed by atoms with Gasteiger partial charge in [-0.05, 0) is 48.2 Å². The smallest absolute Gasteiger partial charge is 0.341 e. The van der Waals surface area contributed by atoms with Crippen LogP contribution in [-0.4, -0.2) is 53.6 Å². The number of hydrogen-bond acceptors (Lipinski definition) is 5. The van der Waals surface area contributed by atoms with Crippen molar-refractivity contribution in [3.8, 4) is 0 Å². The Hall–Kier alpha value is -4.48. The number of rotatable bonds is 5. The highest BCUT2D eigenvalue weighted by atomic mass is 19.4. The van der Waals surface area contributed by atoms with Crippen LogP contribution in [0.15, 0.2) is 53.0 Å². The summed E-state index contributed by atoms with van der Waals surface area (Å²) >= 11 is 0. The second kappa shape index (κ2) is 10.2. The number of halogens is 3. The number of nitrogens with one attached hydrogen (secondary N) is 3. The van der Waals surface area contributed by atoms with E-state index in [-0.39, 0.29) is 11.4 Å². The first-order valence-electron chi connectivity index (χ1n) is 12.8. The molecule has 2 aromatic carbocycles. The van der Waals surface area contributed by atoms with Gasteiger partial charge in [0.05, 0.1) is 5.56 Å². The molecule has 3 aliphatic rings. The molecule has 1 aliphatic heterocycles. The van der Waals surface area contributed by atoms with Gasteiger partial charge in [0.2, 0.25) is 5.91 Å². The summed E-state index contributed by atoms with van der Waals surface area (Å²) in [6, 6.07) is 9.27. The van der Waals surface area contributed by atoms with Crippen LogP contribution in [0.5, 0.6) is 0 Å². The Bertz CT molecular complexity index is 1470. The van der Waals surface area contributed by atoms with Gasteiger partial charge in [0.15, 0.2) is 0 Å². The Balaban J connectivity index is 1.36. The zero-order valence-corrected chi connectivity index (χ0v) is 21.5. The van der Waals surface area contributed by atoms with E-state index in [0.29, 0.717) is 36.1 Å². The average Bonchev–Trinajstić information content (AvgIpc) is 3.63. The number of hydrogen-bond donors (Lipinski definition) is 3. The first-order valence-corrected chi connectivity index (χ1v) is 12.8. The summed E-state index contributed by atoms with van der Waals surface area (Å²) in [5.74, 6) is -1.78. The van der Waals surface area contributed by atoms with E-state index in [0.717, 1.165) is 29.4 Å². The molecule has 0 atom stereocenters. The zero-order chi connectivity index (χ0) is 28.7. The quantitative estimate of drug-likeness (QED) is 0.524. The van der Waals surface area contributed by atoms with Gasteiger partial charge in [-0.1, -0.05) is 37.1 Å². The van der Waals surface area contributed by atoms with Gasteiger partial charge in [-0.15, -0.1) is 0 Å². The lowest BCUT2D eigenvalue weighted by atomic mass is 9.98. The van der Waals surface area contributed by atoms with Crippen molar-refractivity contribution in [1.82, 2.24) is 15.5 Å².